The first-order valence-electron chi connectivity index (χ1n) is 9.54. The van der Waals surface area contributed by atoms with Crippen molar-refractivity contribution in [3.05, 3.63) is 99.6 Å². The second-order valence-electron chi connectivity index (χ2n) is 6.93. The fourth-order valence-electron chi connectivity index (χ4n) is 2.94. The molecular formula is C25H20ClN3O2. The van der Waals surface area contributed by atoms with Gasteiger partial charge in [-0.15, -0.1) is 0 Å². The molecule has 0 unspecified atom stereocenters. The van der Waals surface area contributed by atoms with Gasteiger partial charge in [0.15, 0.2) is 0 Å². The molecule has 3 aromatic carbocycles. The summed E-state index contributed by atoms with van der Waals surface area (Å²) in [5.41, 5.74) is 4.08. The topological polar surface area (TPSA) is 82.0 Å². The van der Waals surface area contributed by atoms with Gasteiger partial charge in [0, 0.05) is 11.4 Å². The van der Waals surface area contributed by atoms with E-state index >= 15 is 0 Å². The van der Waals surface area contributed by atoms with Gasteiger partial charge in [-0.2, -0.15) is 5.26 Å². The van der Waals surface area contributed by atoms with Crippen LogP contribution in [0.25, 0.3) is 6.08 Å². The highest BCUT2D eigenvalue weighted by atomic mass is 35.5. The van der Waals surface area contributed by atoms with Crippen LogP contribution in [-0.2, 0) is 4.79 Å². The van der Waals surface area contributed by atoms with E-state index in [1.807, 2.05) is 32.0 Å². The summed E-state index contributed by atoms with van der Waals surface area (Å²) in [7, 11) is 0. The Labute approximate surface area is 186 Å². The molecule has 0 aromatic heterocycles. The van der Waals surface area contributed by atoms with Crippen molar-refractivity contribution in [3.8, 4) is 6.07 Å². The van der Waals surface area contributed by atoms with Crippen LogP contribution >= 0.6 is 11.6 Å². The number of anilines is 2. The Hall–Kier alpha value is -3.88. The van der Waals surface area contributed by atoms with Crippen molar-refractivity contribution >= 4 is 40.9 Å². The van der Waals surface area contributed by atoms with Crippen molar-refractivity contribution in [2.75, 3.05) is 10.6 Å². The van der Waals surface area contributed by atoms with Crippen molar-refractivity contribution in [2.24, 2.45) is 0 Å². The third kappa shape index (κ3) is 5.39. The van der Waals surface area contributed by atoms with E-state index in [9.17, 15) is 14.9 Å². The van der Waals surface area contributed by atoms with E-state index in [-0.39, 0.29) is 11.5 Å². The number of aryl methyl sites for hydroxylation is 1. The van der Waals surface area contributed by atoms with E-state index < -0.39 is 5.91 Å². The molecule has 2 N–H and O–H groups in total. The lowest BCUT2D eigenvalue weighted by Gasteiger charge is -2.10. The maximum atomic E-state index is 12.6. The first kappa shape index (κ1) is 21.8. The van der Waals surface area contributed by atoms with E-state index in [1.165, 1.54) is 6.08 Å². The molecule has 0 bridgehead atoms. The fraction of sp³-hybridized carbons (Fsp3) is 0.0800. The molecule has 3 aromatic rings. The molecular weight excluding hydrogens is 410 g/mol. The Kier molecular flexibility index (Phi) is 6.86. The Balaban J connectivity index is 1.79. The summed E-state index contributed by atoms with van der Waals surface area (Å²) in [5, 5.41) is 15.4. The molecule has 154 valence electrons. The molecule has 0 aliphatic heterocycles. The van der Waals surface area contributed by atoms with Gasteiger partial charge in [-0.05, 0) is 66.9 Å². The number of rotatable bonds is 5. The lowest BCUT2D eigenvalue weighted by molar-refractivity contribution is -0.112. The lowest BCUT2D eigenvalue weighted by atomic mass is 10.1. The average Bonchev–Trinajstić information content (AvgIpc) is 2.75. The monoisotopic (exact) mass is 429 g/mol. The third-order valence-electron chi connectivity index (χ3n) is 4.79. The van der Waals surface area contributed by atoms with Gasteiger partial charge in [0.25, 0.3) is 11.8 Å². The zero-order valence-corrected chi connectivity index (χ0v) is 17.8. The maximum Gasteiger partial charge on any atom is 0.266 e. The van der Waals surface area contributed by atoms with Crippen LogP contribution in [0.1, 0.15) is 27.0 Å². The zero-order valence-electron chi connectivity index (χ0n) is 17.1. The van der Waals surface area contributed by atoms with Crippen LogP contribution in [0.2, 0.25) is 5.02 Å². The summed E-state index contributed by atoms with van der Waals surface area (Å²) in [4.78, 5) is 25.1. The molecule has 5 nitrogen and oxygen atoms in total. The molecule has 0 atom stereocenters. The summed E-state index contributed by atoms with van der Waals surface area (Å²) in [6, 6.07) is 21.2. The minimum Gasteiger partial charge on any atom is -0.322 e. The van der Waals surface area contributed by atoms with Crippen LogP contribution in [0.15, 0.2) is 72.3 Å². The number of carbonyl (C=O) groups excluding carboxylic acids is 2. The molecule has 0 heterocycles. The number of carbonyl (C=O) groups is 2. The van der Waals surface area contributed by atoms with E-state index in [1.54, 1.807) is 54.6 Å². The first-order valence-corrected chi connectivity index (χ1v) is 9.92. The number of nitriles is 1. The second kappa shape index (κ2) is 9.75. The molecule has 0 saturated carbocycles. The largest absolute Gasteiger partial charge is 0.322 e. The highest BCUT2D eigenvalue weighted by Gasteiger charge is 2.13. The minimum atomic E-state index is -0.498. The molecule has 2 amide bonds. The van der Waals surface area contributed by atoms with E-state index in [0.29, 0.717) is 27.5 Å². The zero-order chi connectivity index (χ0) is 22.4. The molecule has 0 aliphatic rings. The molecule has 0 aliphatic carbocycles. The molecule has 0 saturated heterocycles. The number of benzene rings is 3. The van der Waals surface area contributed by atoms with Crippen LogP contribution in [0.4, 0.5) is 11.4 Å². The van der Waals surface area contributed by atoms with Gasteiger partial charge in [-0.3, -0.25) is 9.59 Å². The maximum absolute atomic E-state index is 12.6. The van der Waals surface area contributed by atoms with Crippen LogP contribution in [0.5, 0.6) is 0 Å². The van der Waals surface area contributed by atoms with Gasteiger partial charge in [0.05, 0.1) is 10.6 Å². The summed E-state index contributed by atoms with van der Waals surface area (Å²) in [6.45, 7) is 3.86. The SMILES string of the molecule is Cc1cccc(NC(=O)/C(C#N)=C/c2cccc(NC(=O)c3ccccc3Cl)c2)c1C. The first-order chi connectivity index (χ1) is 14.9. The van der Waals surface area contributed by atoms with Crippen molar-refractivity contribution in [2.45, 2.75) is 13.8 Å². The molecule has 6 heteroatoms. The normalized spacial score (nSPS) is 10.8. The van der Waals surface area contributed by atoms with Gasteiger partial charge in [0.1, 0.15) is 11.6 Å². The molecule has 0 spiro atoms. The van der Waals surface area contributed by atoms with Crippen LogP contribution < -0.4 is 10.6 Å². The van der Waals surface area contributed by atoms with Gasteiger partial charge < -0.3 is 10.6 Å². The van der Waals surface area contributed by atoms with Crippen molar-refractivity contribution in [1.29, 1.82) is 5.26 Å². The second-order valence-corrected chi connectivity index (χ2v) is 7.34. The standard InChI is InChI=1S/C25H20ClN3O2/c1-16-7-5-12-23(17(16)2)29-24(30)19(15-27)13-18-8-6-9-20(14-18)28-25(31)21-10-3-4-11-22(21)26/h3-14H,1-2H3,(H,28,31)(H,29,30)/b19-13+. The summed E-state index contributed by atoms with van der Waals surface area (Å²) in [6.07, 6.45) is 1.48. The van der Waals surface area contributed by atoms with E-state index in [0.717, 1.165) is 11.1 Å². The summed E-state index contributed by atoms with van der Waals surface area (Å²) >= 11 is 6.08. The van der Waals surface area contributed by atoms with Gasteiger partial charge >= 0.3 is 0 Å². The fourth-order valence-corrected chi connectivity index (χ4v) is 3.16. The van der Waals surface area contributed by atoms with Crippen molar-refractivity contribution in [3.63, 3.8) is 0 Å². The molecule has 0 fully saturated rings. The number of halogens is 1. The summed E-state index contributed by atoms with van der Waals surface area (Å²) in [5.74, 6) is -0.846. The highest BCUT2D eigenvalue weighted by molar-refractivity contribution is 6.34. The third-order valence-corrected chi connectivity index (χ3v) is 5.12. The Bertz CT molecular complexity index is 1230. The molecule has 0 radical (unpaired) electrons. The van der Waals surface area contributed by atoms with Crippen molar-refractivity contribution < 1.29 is 9.59 Å². The Morgan fingerprint density at radius 2 is 1.71 bits per heavy atom. The molecule has 3 rings (SSSR count). The van der Waals surface area contributed by atoms with E-state index in [2.05, 4.69) is 10.6 Å². The number of hydrogen-bond acceptors (Lipinski definition) is 3. The van der Waals surface area contributed by atoms with Crippen LogP contribution in [0, 0.1) is 25.2 Å². The van der Waals surface area contributed by atoms with Crippen LogP contribution in [-0.4, -0.2) is 11.8 Å². The minimum absolute atomic E-state index is 0.0458. The quantitative estimate of drug-likeness (QED) is 0.400. The smallest absolute Gasteiger partial charge is 0.266 e. The predicted octanol–water partition coefficient (Wildman–Crippen LogP) is 5.75. The average molecular weight is 430 g/mol. The number of hydrogen-bond donors (Lipinski definition) is 2. The van der Waals surface area contributed by atoms with Gasteiger partial charge in [-0.1, -0.05) is 48.0 Å². The van der Waals surface area contributed by atoms with Crippen molar-refractivity contribution in [1.82, 2.24) is 0 Å². The highest BCUT2D eigenvalue weighted by Crippen LogP contribution is 2.21. The lowest BCUT2D eigenvalue weighted by Crippen LogP contribution is -2.14. The number of amides is 2. The Morgan fingerprint density at radius 1 is 0.968 bits per heavy atom. The predicted molar refractivity (Wildman–Crippen MR) is 124 cm³/mol. The number of nitrogens with zero attached hydrogens (tertiary/aromatic N) is 1. The molecule has 31 heavy (non-hydrogen) atoms. The van der Waals surface area contributed by atoms with Crippen LogP contribution in [0.3, 0.4) is 0 Å². The number of nitrogens with one attached hydrogen (secondary N) is 2. The van der Waals surface area contributed by atoms with Gasteiger partial charge in [0.2, 0.25) is 0 Å². The van der Waals surface area contributed by atoms with E-state index in [4.69, 9.17) is 11.6 Å². The Morgan fingerprint density at radius 3 is 2.45 bits per heavy atom. The van der Waals surface area contributed by atoms with Gasteiger partial charge in [-0.25, -0.2) is 0 Å². The summed E-state index contributed by atoms with van der Waals surface area (Å²) < 4.78 is 0.